The second-order valence-corrected chi connectivity index (χ2v) is 3.99. The Hall–Kier alpha value is -2.76. The summed E-state index contributed by atoms with van der Waals surface area (Å²) in [4.78, 5) is 12.5. The topological polar surface area (TPSA) is 90.7 Å². The van der Waals surface area contributed by atoms with Gasteiger partial charge in [0.2, 0.25) is 0 Å². The molecule has 3 aromatic heterocycles. The average Bonchev–Trinajstić information content (AvgIpc) is 2.89. The van der Waals surface area contributed by atoms with E-state index in [9.17, 15) is 0 Å². The molecular weight excluding hydrogens is 242 g/mol. The van der Waals surface area contributed by atoms with Crippen molar-refractivity contribution < 1.29 is 4.52 Å². The van der Waals surface area contributed by atoms with E-state index in [0.29, 0.717) is 24.0 Å². The third-order valence-corrected chi connectivity index (χ3v) is 2.57. The first-order chi connectivity index (χ1) is 9.31. The van der Waals surface area contributed by atoms with Gasteiger partial charge >= 0.3 is 0 Å². The van der Waals surface area contributed by atoms with Gasteiger partial charge in [-0.3, -0.25) is 4.98 Å². The molecule has 0 fully saturated rings. The summed E-state index contributed by atoms with van der Waals surface area (Å²) in [5, 5.41) is 3.93. The Morgan fingerprint density at radius 3 is 2.79 bits per heavy atom. The molecule has 0 radical (unpaired) electrons. The van der Waals surface area contributed by atoms with Crippen molar-refractivity contribution in [1.82, 2.24) is 20.1 Å². The fraction of sp³-hybridized carbons (Fsp3) is 0.0769. The second-order valence-electron chi connectivity index (χ2n) is 3.99. The SMILES string of the molecule is Nc1ccc(-c2nc(Cc3ccccn3)no2)cn1. The first-order valence-electron chi connectivity index (χ1n) is 5.75. The van der Waals surface area contributed by atoms with Crippen molar-refractivity contribution in [3.8, 4) is 11.5 Å². The van der Waals surface area contributed by atoms with E-state index in [4.69, 9.17) is 10.3 Å². The van der Waals surface area contributed by atoms with Gasteiger partial charge in [0.25, 0.3) is 5.89 Å². The molecule has 0 aliphatic carbocycles. The van der Waals surface area contributed by atoms with Gasteiger partial charge < -0.3 is 10.3 Å². The van der Waals surface area contributed by atoms with E-state index in [-0.39, 0.29) is 0 Å². The van der Waals surface area contributed by atoms with Crippen molar-refractivity contribution in [3.05, 3.63) is 54.2 Å². The molecule has 19 heavy (non-hydrogen) atoms. The van der Waals surface area contributed by atoms with E-state index in [1.165, 1.54) is 0 Å². The van der Waals surface area contributed by atoms with Crippen LogP contribution < -0.4 is 5.73 Å². The molecule has 6 nitrogen and oxygen atoms in total. The summed E-state index contributed by atoms with van der Waals surface area (Å²) in [6.45, 7) is 0. The summed E-state index contributed by atoms with van der Waals surface area (Å²) < 4.78 is 5.19. The molecule has 3 heterocycles. The Kier molecular flexibility index (Phi) is 2.89. The van der Waals surface area contributed by atoms with Gasteiger partial charge in [-0.05, 0) is 24.3 Å². The largest absolute Gasteiger partial charge is 0.384 e. The zero-order valence-electron chi connectivity index (χ0n) is 10.0. The van der Waals surface area contributed by atoms with Crippen LogP contribution in [0.5, 0.6) is 0 Å². The average molecular weight is 253 g/mol. The van der Waals surface area contributed by atoms with E-state index in [0.717, 1.165) is 11.3 Å². The molecule has 0 unspecified atom stereocenters. The van der Waals surface area contributed by atoms with E-state index >= 15 is 0 Å². The van der Waals surface area contributed by atoms with Crippen molar-refractivity contribution in [2.75, 3.05) is 5.73 Å². The number of nitrogens with two attached hydrogens (primary N) is 1. The van der Waals surface area contributed by atoms with Crippen LogP contribution in [0.2, 0.25) is 0 Å². The minimum atomic E-state index is 0.429. The molecule has 6 heteroatoms. The highest BCUT2D eigenvalue weighted by molar-refractivity contribution is 5.53. The maximum absolute atomic E-state index is 5.53. The monoisotopic (exact) mass is 253 g/mol. The lowest BCUT2D eigenvalue weighted by Gasteiger charge is -1.94. The summed E-state index contributed by atoms with van der Waals surface area (Å²) in [6.07, 6.45) is 3.88. The molecule has 3 rings (SSSR count). The maximum atomic E-state index is 5.53. The molecule has 0 aliphatic rings. The number of hydrogen-bond acceptors (Lipinski definition) is 6. The predicted octanol–water partition coefficient (Wildman–Crippen LogP) is 1.70. The highest BCUT2D eigenvalue weighted by Crippen LogP contribution is 2.17. The fourth-order valence-electron chi connectivity index (χ4n) is 1.64. The Bertz CT molecular complexity index is 663. The molecule has 3 aromatic rings. The standard InChI is InChI=1S/C13H11N5O/c14-11-5-4-9(8-16-11)13-17-12(18-19-13)7-10-3-1-2-6-15-10/h1-6,8H,7H2,(H2,14,16). The molecule has 0 atom stereocenters. The number of pyridine rings is 2. The van der Waals surface area contributed by atoms with Crippen molar-refractivity contribution in [1.29, 1.82) is 0 Å². The highest BCUT2D eigenvalue weighted by Gasteiger charge is 2.09. The molecule has 2 N–H and O–H groups in total. The number of nitrogen functional groups attached to an aromatic ring is 1. The number of anilines is 1. The van der Waals surface area contributed by atoms with Gasteiger partial charge in [-0.1, -0.05) is 11.2 Å². The Morgan fingerprint density at radius 1 is 1.11 bits per heavy atom. The summed E-state index contributed by atoms with van der Waals surface area (Å²) in [5.74, 6) is 1.47. The normalized spacial score (nSPS) is 10.5. The smallest absolute Gasteiger partial charge is 0.259 e. The minimum Gasteiger partial charge on any atom is -0.384 e. The molecule has 0 spiro atoms. The van der Waals surface area contributed by atoms with Crippen LogP contribution in [0.3, 0.4) is 0 Å². The zero-order valence-corrected chi connectivity index (χ0v) is 10.0. The predicted molar refractivity (Wildman–Crippen MR) is 69.0 cm³/mol. The van der Waals surface area contributed by atoms with Crippen LogP contribution in [-0.2, 0) is 6.42 Å². The van der Waals surface area contributed by atoms with Gasteiger partial charge in [-0.25, -0.2) is 4.98 Å². The van der Waals surface area contributed by atoms with Crippen molar-refractivity contribution in [2.45, 2.75) is 6.42 Å². The summed E-state index contributed by atoms with van der Waals surface area (Å²) in [7, 11) is 0. The lowest BCUT2D eigenvalue weighted by Crippen LogP contribution is -1.93. The number of nitrogens with zero attached hydrogens (tertiary/aromatic N) is 4. The van der Waals surface area contributed by atoms with Crippen molar-refractivity contribution in [3.63, 3.8) is 0 Å². The first-order valence-corrected chi connectivity index (χ1v) is 5.75. The van der Waals surface area contributed by atoms with E-state index in [1.54, 1.807) is 24.5 Å². The fourth-order valence-corrected chi connectivity index (χ4v) is 1.64. The van der Waals surface area contributed by atoms with Crippen molar-refractivity contribution >= 4 is 5.82 Å². The molecule has 0 amide bonds. The lowest BCUT2D eigenvalue weighted by molar-refractivity contribution is 0.423. The molecule has 0 aromatic carbocycles. The van der Waals surface area contributed by atoms with Gasteiger partial charge in [0, 0.05) is 18.1 Å². The summed E-state index contributed by atoms with van der Waals surface area (Å²) in [6, 6.07) is 9.19. The van der Waals surface area contributed by atoms with E-state index in [2.05, 4.69) is 20.1 Å². The van der Waals surface area contributed by atoms with Gasteiger partial charge in [0.1, 0.15) is 5.82 Å². The van der Waals surface area contributed by atoms with Crippen LogP contribution in [-0.4, -0.2) is 20.1 Å². The molecule has 0 aliphatic heterocycles. The quantitative estimate of drug-likeness (QED) is 0.763. The molecule has 0 saturated carbocycles. The number of hydrogen-bond donors (Lipinski definition) is 1. The highest BCUT2D eigenvalue weighted by atomic mass is 16.5. The number of aromatic nitrogens is 4. The molecule has 0 saturated heterocycles. The lowest BCUT2D eigenvalue weighted by atomic mass is 10.2. The van der Waals surface area contributed by atoms with Crippen LogP contribution >= 0.6 is 0 Å². The Labute approximate surface area is 109 Å². The van der Waals surface area contributed by atoms with Crippen LogP contribution in [0.1, 0.15) is 11.5 Å². The van der Waals surface area contributed by atoms with Crippen LogP contribution in [0.15, 0.2) is 47.2 Å². The van der Waals surface area contributed by atoms with Gasteiger partial charge in [0.15, 0.2) is 5.82 Å². The minimum absolute atomic E-state index is 0.429. The Morgan fingerprint density at radius 2 is 2.05 bits per heavy atom. The summed E-state index contributed by atoms with van der Waals surface area (Å²) >= 11 is 0. The maximum Gasteiger partial charge on any atom is 0.259 e. The summed E-state index contributed by atoms with van der Waals surface area (Å²) in [5.41, 5.74) is 7.16. The third kappa shape index (κ3) is 2.57. The first kappa shape index (κ1) is 11.3. The van der Waals surface area contributed by atoms with Crippen LogP contribution in [0, 0.1) is 0 Å². The van der Waals surface area contributed by atoms with Crippen LogP contribution in [0.25, 0.3) is 11.5 Å². The third-order valence-electron chi connectivity index (χ3n) is 2.57. The number of rotatable bonds is 3. The van der Waals surface area contributed by atoms with Gasteiger partial charge in [-0.2, -0.15) is 4.98 Å². The molecular formula is C13H11N5O. The van der Waals surface area contributed by atoms with E-state index < -0.39 is 0 Å². The van der Waals surface area contributed by atoms with Crippen molar-refractivity contribution in [2.24, 2.45) is 0 Å². The van der Waals surface area contributed by atoms with Crippen LogP contribution in [0.4, 0.5) is 5.82 Å². The van der Waals surface area contributed by atoms with Gasteiger partial charge in [-0.15, -0.1) is 0 Å². The molecule has 0 bridgehead atoms. The molecule has 94 valence electrons. The zero-order chi connectivity index (χ0) is 13.1. The second kappa shape index (κ2) is 4.85. The van der Waals surface area contributed by atoms with Gasteiger partial charge in [0.05, 0.1) is 12.0 Å². The van der Waals surface area contributed by atoms with E-state index in [1.807, 2.05) is 18.2 Å². The Balaban J connectivity index is 1.82.